The second-order valence-electron chi connectivity index (χ2n) is 3.94. The molecular formula is C9H16N4O4S. The van der Waals surface area contributed by atoms with Gasteiger partial charge in [0, 0.05) is 19.2 Å². The first-order valence-electron chi connectivity index (χ1n) is 5.38. The summed E-state index contributed by atoms with van der Waals surface area (Å²) in [5, 5.41) is 16.2. The summed E-state index contributed by atoms with van der Waals surface area (Å²) in [5.74, 6) is -1.13. The van der Waals surface area contributed by atoms with Crippen LogP contribution in [0.3, 0.4) is 0 Å². The maximum absolute atomic E-state index is 11.0. The van der Waals surface area contributed by atoms with Gasteiger partial charge in [-0.05, 0) is 13.0 Å². The van der Waals surface area contributed by atoms with Crippen LogP contribution in [0.4, 0.5) is 0 Å². The Kier molecular flexibility index (Phi) is 4.79. The number of nitrogens with zero attached hydrogens (tertiary/aromatic N) is 3. The summed E-state index contributed by atoms with van der Waals surface area (Å²) in [4.78, 5) is 10.9. The third-order valence-corrected chi connectivity index (χ3v) is 3.34. The van der Waals surface area contributed by atoms with E-state index in [1.54, 1.807) is 0 Å². The van der Waals surface area contributed by atoms with E-state index in [0.29, 0.717) is 25.1 Å². The molecule has 0 aromatic carbocycles. The fourth-order valence-electron chi connectivity index (χ4n) is 1.54. The molecule has 1 aromatic rings. The van der Waals surface area contributed by atoms with Gasteiger partial charge in [-0.3, -0.25) is 0 Å². The molecule has 1 heterocycles. The minimum absolute atomic E-state index is 0.0251. The Balaban J connectivity index is 2.79. The summed E-state index contributed by atoms with van der Waals surface area (Å²) in [7, 11) is -3.03. The molecule has 3 N–H and O–H groups in total. The molecule has 8 nitrogen and oxygen atoms in total. The molecule has 0 fully saturated rings. The quantitative estimate of drug-likeness (QED) is 0.647. The number of aromatic nitrogens is 3. The summed E-state index contributed by atoms with van der Waals surface area (Å²) in [6.45, 7) is 0.586. The first kappa shape index (κ1) is 14.6. The van der Waals surface area contributed by atoms with Crippen molar-refractivity contribution in [2.24, 2.45) is 5.73 Å². The highest BCUT2D eigenvalue weighted by atomic mass is 32.2. The second kappa shape index (κ2) is 5.91. The average molecular weight is 276 g/mol. The molecule has 0 aliphatic carbocycles. The first-order valence-corrected chi connectivity index (χ1v) is 7.44. The lowest BCUT2D eigenvalue weighted by Gasteiger charge is -2.05. The highest BCUT2D eigenvalue weighted by molar-refractivity contribution is 7.90. The van der Waals surface area contributed by atoms with Gasteiger partial charge in [0.05, 0.1) is 11.4 Å². The lowest BCUT2D eigenvalue weighted by molar-refractivity contribution is 0.0689. The number of aromatic carboxylic acids is 1. The number of nitrogens with two attached hydrogens (primary N) is 1. The molecule has 18 heavy (non-hydrogen) atoms. The van der Waals surface area contributed by atoms with Gasteiger partial charge in [-0.2, -0.15) is 0 Å². The smallest absolute Gasteiger partial charge is 0.358 e. The van der Waals surface area contributed by atoms with Crippen molar-refractivity contribution < 1.29 is 18.3 Å². The Hall–Kier alpha value is -1.48. The van der Waals surface area contributed by atoms with Crippen molar-refractivity contribution in [1.29, 1.82) is 0 Å². The Bertz CT molecular complexity index is 523. The first-order chi connectivity index (χ1) is 8.35. The Morgan fingerprint density at radius 1 is 1.50 bits per heavy atom. The molecule has 0 unspecified atom stereocenters. The zero-order valence-electron chi connectivity index (χ0n) is 10.0. The molecule has 1 rings (SSSR count). The van der Waals surface area contributed by atoms with Crippen LogP contribution in [-0.2, 0) is 22.8 Å². The van der Waals surface area contributed by atoms with E-state index in [4.69, 9.17) is 10.8 Å². The van der Waals surface area contributed by atoms with Gasteiger partial charge in [0.25, 0.3) is 0 Å². The number of sulfone groups is 1. The molecule has 0 atom stereocenters. The second-order valence-corrected chi connectivity index (χ2v) is 6.19. The molecule has 1 aromatic heterocycles. The molecule has 0 saturated heterocycles. The molecule has 9 heteroatoms. The molecule has 0 bridgehead atoms. The van der Waals surface area contributed by atoms with Gasteiger partial charge in [-0.1, -0.05) is 5.21 Å². The maximum Gasteiger partial charge on any atom is 0.358 e. The van der Waals surface area contributed by atoms with Gasteiger partial charge in [0.1, 0.15) is 9.84 Å². The van der Waals surface area contributed by atoms with Crippen molar-refractivity contribution in [2.45, 2.75) is 19.4 Å². The summed E-state index contributed by atoms with van der Waals surface area (Å²) < 4.78 is 23.4. The van der Waals surface area contributed by atoms with E-state index in [1.165, 1.54) is 4.68 Å². The SMILES string of the molecule is CS(=O)(=O)CCCn1nnc(C(=O)O)c1CCN. The monoisotopic (exact) mass is 276 g/mol. The number of carboxylic acids is 1. The lowest BCUT2D eigenvalue weighted by Crippen LogP contribution is -2.15. The van der Waals surface area contributed by atoms with Gasteiger partial charge in [0.2, 0.25) is 0 Å². The van der Waals surface area contributed by atoms with E-state index in [-0.39, 0.29) is 18.0 Å². The molecule has 0 aliphatic rings. The van der Waals surface area contributed by atoms with Crippen molar-refractivity contribution in [1.82, 2.24) is 15.0 Å². The van der Waals surface area contributed by atoms with E-state index in [0.717, 1.165) is 6.26 Å². The van der Waals surface area contributed by atoms with Crippen molar-refractivity contribution in [2.75, 3.05) is 18.6 Å². The molecule has 0 aliphatic heterocycles. The van der Waals surface area contributed by atoms with Crippen LogP contribution in [0.5, 0.6) is 0 Å². The van der Waals surface area contributed by atoms with E-state index >= 15 is 0 Å². The van der Waals surface area contributed by atoms with Crippen LogP contribution in [0.25, 0.3) is 0 Å². The van der Waals surface area contributed by atoms with Crippen LogP contribution >= 0.6 is 0 Å². The molecule has 102 valence electrons. The Labute approximate surface area is 105 Å². The largest absolute Gasteiger partial charge is 0.476 e. The Morgan fingerprint density at radius 2 is 2.17 bits per heavy atom. The highest BCUT2D eigenvalue weighted by Crippen LogP contribution is 2.07. The third-order valence-electron chi connectivity index (χ3n) is 2.31. The van der Waals surface area contributed by atoms with Gasteiger partial charge in [-0.15, -0.1) is 5.10 Å². The maximum atomic E-state index is 11.0. The Morgan fingerprint density at radius 3 is 2.67 bits per heavy atom. The van der Waals surface area contributed by atoms with Crippen LogP contribution in [0.2, 0.25) is 0 Å². The van der Waals surface area contributed by atoms with Crippen molar-refractivity contribution in [3.05, 3.63) is 11.4 Å². The van der Waals surface area contributed by atoms with Crippen LogP contribution in [0, 0.1) is 0 Å². The number of hydrogen-bond acceptors (Lipinski definition) is 6. The van der Waals surface area contributed by atoms with Crippen LogP contribution < -0.4 is 5.73 Å². The lowest BCUT2D eigenvalue weighted by atomic mass is 10.2. The van der Waals surface area contributed by atoms with E-state index in [2.05, 4.69) is 10.3 Å². The van der Waals surface area contributed by atoms with E-state index < -0.39 is 15.8 Å². The predicted molar refractivity (Wildman–Crippen MR) is 64.1 cm³/mol. The van der Waals surface area contributed by atoms with E-state index in [1.807, 2.05) is 0 Å². The van der Waals surface area contributed by atoms with Gasteiger partial charge < -0.3 is 10.8 Å². The average Bonchev–Trinajstić information content (AvgIpc) is 2.60. The van der Waals surface area contributed by atoms with E-state index in [9.17, 15) is 13.2 Å². The highest BCUT2D eigenvalue weighted by Gasteiger charge is 2.18. The minimum atomic E-state index is -3.03. The summed E-state index contributed by atoms with van der Waals surface area (Å²) in [6, 6.07) is 0. The molecule has 0 saturated carbocycles. The number of hydrogen-bond donors (Lipinski definition) is 2. The standard InChI is InChI=1S/C9H16N4O4S/c1-18(16,17)6-2-5-13-7(3-4-10)8(9(14)15)11-12-13/h2-6,10H2,1H3,(H,14,15). The number of carbonyl (C=O) groups is 1. The molecular weight excluding hydrogens is 260 g/mol. The van der Waals surface area contributed by atoms with Gasteiger partial charge >= 0.3 is 5.97 Å². The summed E-state index contributed by atoms with van der Waals surface area (Å²) in [5.41, 5.74) is 5.70. The number of aryl methyl sites for hydroxylation is 1. The summed E-state index contributed by atoms with van der Waals surface area (Å²) >= 11 is 0. The fraction of sp³-hybridized carbons (Fsp3) is 0.667. The minimum Gasteiger partial charge on any atom is -0.476 e. The number of rotatable bonds is 7. The van der Waals surface area contributed by atoms with Crippen LogP contribution in [0.15, 0.2) is 0 Å². The molecule has 0 amide bonds. The van der Waals surface area contributed by atoms with Crippen LogP contribution in [0.1, 0.15) is 22.6 Å². The number of carboxylic acid groups (broad SMARTS) is 1. The summed E-state index contributed by atoms with van der Waals surface area (Å²) in [6.07, 6.45) is 1.85. The van der Waals surface area contributed by atoms with Crippen molar-refractivity contribution >= 4 is 15.8 Å². The third kappa shape index (κ3) is 4.08. The fourth-order valence-corrected chi connectivity index (χ4v) is 2.19. The van der Waals surface area contributed by atoms with Crippen molar-refractivity contribution in [3.8, 4) is 0 Å². The van der Waals surface area contributed by atoms with Crippen molar-refractivity contribution in [3.63, 3.8) is 0 Å². The van der Waals surface area contributed by atoms with Crippen LogP contribution in [-0.4, -0.2) is 53.0 Å². The zero-order valence-corrected chi connectivity index (χ0v) is 10.9. The molecule has 0 spiro atoms. The van der Waals surface area contributed by atoms with Gasteiger partial charge in [0.15, 0.2) is 5.69 Å². The normalized spacial score (nSPS) is 11.7. The predicted octanol–water partition coefficient (Wildman–Crippen LogP) is -1.09. The zero-order chi connectivity index (χ0) is 13.8. The van der Waals surface area contributed by atoms with Gasteiger partial charge in [-0.25, -0.2) is 17.9 Å². The topological polar surface area (TPSA) is 128 Å². The molecule has 0 radical (unpaired) electrons.